The van der Waals surface area contributed by atoms with E-state index in [0.717, 1.165) is 6.42 Å². The van der Waals surface area contributed by atoms with Crippen molar-refractivity contribution in [1.82, 2.24) is 0 Å². The van der Waals surface area contributed by atoms with E-state index in [1.807, 2.05) is 6.20 Å². The van der Waals surface area contributed by atoms with Gasteiger partial charge in [-0.2, -0.15) is 0 Å². The van der Waals surface area contributed by atoms with Crippen LogP contribution in [0.3, 0.4) is 0 Å². The molecule has 0 N–H and O–H groups in total. The fraction of sp³-hybridized carbons (Fsp3) is 0.571. The van der Waals surface area contributed by atoms with Gasteiger partial charge >= 0.3 is 64.3 Å². The Morgan fingerprint density at radius 3 is 2.67 bits per heavy atom. The predicted molar refractivity (Wildman–Crippen MR) is 43.5 cm³/mol. The van der Waals surface area contributed by atoms with E-state index < -0.39 is 0 Å². The Kier molecular flexibility index (Phi) is 1.81. The summed E-state index contributed by atoms with van der Waals surface area (Å²) in [6, 6.07) is 0. The van der Waals surface area contributed by atoms with Crippen LogP contribution in [0.1, 0.15) is 20.3 Å². The fourth-order valence-corrected chi connectivity index (χ4v) is 2.19. The molecule has 1 aliphatic heterocycles. The van der Waals surface area contributed by atoms with Crippen LogP contribution in [-0.2, 0) is 0 Å². The molecule has 0 saturated heterocycles. The van der Waals surface area contributed by atoms with E-state index in [4.69, 9.17) is 0 Å². The van der Waals surface area contributed by atoms with E-state index in [1.165, 1.54) is 4.50 Å². The van der Waals surface area contributed by atoms with Gasteiger partial charge in [-0.05, 0) is 0 Å². The van der Waals surface area contributed by atoms with Crippen LogP contribution in [0.25, 0.3) is 0 Å². The van der Waals surface area contributed by atoms with Crippen molar-refractivity contribution < 1.29 is 0 Å². The van der Waals surface area contributed by atoms with E-state index >= 15 is 0 Å². The van der Waals surface area contributed by atoms with Crippen molar-refractivity contribution in [2.75, 3.05) is 0 Å². The quantitative estimate of drug-likeness (QED) is 0.498. The number of hydrogen-bond acceptors (Lipinski definition) is 1. The Balaban J connectivity index is 2.73. The van der Waals surface area contributed by atoms with Gasteiger partial charge in [0.25, 0.3) is 0 Å². The molecule has 0 fully saturated rings. The fourth-order valence-electron chi connectivity index (χ4n) is 0.906. The van der Waals surface area contributed by atoms with Gasteiger partial charge in [-0.15, -0.1) is 0 Å². The van der Waals surface area contributed by atoms with E-state index in [1.54, 1.807) is 16.9 Å². The Hall–Kier alpha value is -0.0316. The third-order valence-electron chi connectivity index (χ3n) is 1.40. The SMILES string of the molecule is CC1(C)C=CN=C([AsH2])C1. The molecule has 0 aromatic heterocycles. The molecular weight excluding hydrogens is 173 g/mol. The third kappa shape index (κ3) is 1.98. The summed E-state index contributed by atoms with van der Waals surface area (Å²) in [6.07, 6.45) is 5.21. The van der Waals surface area contributed by atoms with Crippen LogP contribution in [0.15, 0.2) is 17.3 Å². The van der Waals surface area contributed by atoms with Gasteiger partial charge in [-0.3, -0.25) is 0 Å². The van der Waals surface area contributed by atoms with Gasteiger partial charge in [0, 0.05) is 0 Å². The van der Waals surface area contributed by atoms with Crippen molar-refractivity contribution in [2.24, 2.45) is 10.4 Å². The summed E-state index contributed by atoms with van der Waals surface area (Å²) in [5, 5.41) is 0. The van der Waals surface area contributed by atoms with E-state index in [-0.39, 0.29) is 0 Å². The van der Waals surface area contributed by atoms with Gasteiger partial charge in [0.15, 0.2) is 0 Å². The third-order valence-corrected chi connectivity index (χ3v) is 2.14. The number of aliphatic imine (C=N–C) groups is 1. The standard InChI is InChI=1S/C7H12AsN/c1-7(2)3-4-9-6(8)5-7/h3-4H,5,8H2,1-2H3. The molecule has 9 heavy (non-hydrogen) atoms. The van der Waals surface area contributed by atoms with Crippen molar-refractivity contribution in [3.8, 4) is 0 Å². The summed E-state index contributed by atoms with van der Waals surface area (Å²) >= 11 is 1.65. The average Bonchev–Trinajstić information content (AvgIpc) is 1.60. The molecular formula is C7H12AsN. The zero-order chi connectivity index (χ0) is 6.91. The zero-order valence-corrected chi connectivity index (χ0v) is 8.31. The molecule has 0 bridgehead atoms. The molecule has 1 heterocycles. The number of allylic oxidation sites excluding steroid dienone is 1. The Morgan fingerprint density at radius 1 is 1.67 bits per heavy atom. The average molecular weight is 185 g/mol. The van der Waals surface area contributed by atoms with Gasteiger partial charge in [-0.25, -0.2) is 0 Å². The maximum absolute atomic E-state index is 4.19. The van der Waals surface area contributed by atoms with Crippen LogP contribution in [-0.4, -0.2) is 21.4 Å². The summed E-state index contributed by atoms with van der Waals surface area (Å²) in [5.74, 6) is 0. The van der Waals surface area contributed by atoms with Crippen LogP contribution in [0, 0.1) is 5.41 Å². The molecule has 0 radical (unpaired) electrons. The van der Waals surface area contributed by atoms with Crippen LogP contribution < -0.4 is 0 Å². The molecule has 1 atom stereocenters. The summed E-state index contributed by atoms with van der Waals surface area (Å²) < 4.78 is 1.30. The molecule has 1 unspecified atom stereocenters. The van der Waals surface area contributed by atoms with E-state index in [9.17, 15) is 0 Å². The summed E-state index contributed by atoms with van der Waals surface area (Å²) in [4.78, 5) is 4.19. The topological polar surface area (TPSA) is 12.4 Å². The van der Waals surface area contributed by atoms with Crippen LogP contribution >= 0.6 is 0 Å². The first-order valence-corrected chi connectivity index (χ1v) is 4.31. The summed E-state index contributed by atoms with van der Waals surface area (Å²) in [6.45, 7) is 4.47. The Morgan fingerprint density at radius 2 is 2.33 bits per heavy atom. The molecule has 0 aromatic carbocycles. The van der Waals surface area contributed by atoms with Gasteiger partial charge in [-0.1, -0.05) is 0 Å². The molecule has 2 heteroatoms. The van der Waals surface area contributed by atoms with Crippen molar-refractivity contribution in [1.29, 1.82) is 0 Å². The van der Waals surface area contributed by atoms with Gasteiger partial charge in [0.2, 0.25) is 0 Å². The second-order valence-electron chi connectivity index (χ2n) is 3.10. The molecule has 0 spiro atoms. The molecule has 1 aliphatic rings. The Bertz CT molecular complexity index is 168. The Labute approximate surface area is 64.7 Å². The van der Waals surface area contributed by atoms with Crippen molar-refractivity contribution in [3.05, 3.63) is 12.3 Å². The molecule has 0 amide bonds. The molecule has 0 saturated carbocycles. The number of rotatable bonds is 0. The first-order chi connectivity index (χ1) is 4.10. The first kappa shape index (κ1) is 7.08. The van der Waals surface area contributed by atoms with Crippen LogP contribution in [0.2, 0.25) is 0 Å². The van der Waals surface area contributed by atoms with Crippen molar-refractivity contribution >= 4 is 21.4 Å². The van der Waals surface area contributed by atoms with Crippen LogP contribution in [0.4, 0.5) is 0 Å². The normalized spacial score (nSPS) is 23.7. The monoisotopic (exact) mass is 185 g/mol. The minimum absolute atomic E-state index is 0.355. The molecule has 0 aromatic rings. The van der Waals surface area contributed by atoms with Crippen molar-refractivity contribution in [3.63, 3.8) is 0 Å². The van der Waals surface area contributed by atoms with E-state index in [2.05, 4.69) is 24.9 Å². The molecule has 1 rings (SSSR count). The molecule has 0 aliphatic carbocycles. The second kappa shape index (κ2) is 2.30. The minimum atomic E-state index is 0.355. The van der Waals surface area contributed by atoms with Gasteiger partial charge in [0.05, 0.1) is 0 Å². The van der Waals surface area contributed by atoms with Gasteiger partial charge < -0.3 is 0 Å². The maximum atomic E-state index is 4.19. The number of hydrogen-bond donors (Lipinski definition) is 0. The van der Waals surface area contributed by atoms with Crippen LogP contribution in [0.5, 0.6) is 0 Å². The summed E-state index contributed by atoms with van der Waals surface area (Å²) in [7, 11) is 0. The van der Waals surface area contributed by atoms with Crippen molar-refractivity contribution in [2.45, 2.75) is 20.3 Å². The van der Waals surface area contributed by atoms with Gasteiger partial charge in [0.1, 0.15) is 0 Å². The zero-order valence-electron chi connectivity index (χ0n) is 5.89. The first-order valence-electron chi connectivity index (χ1n) is 3.10. The second-order valence-corrected chi connectivity index (χ2v) is 4.50. The predicted octanol–water partition coefficient (Wildman–Crippen LogP) is 0.962. The molecule has 1 nitrogen and oxygen atoms in total. The molecule has 50 valence electrons. The van der Waals surface area contributed by atoms with E-state index in [0.29, 0.717) is 5.41 Å². The summed E-state index contributed by atoms with van der Waals surface area (Å²) in [5.41, 5.74) is 0.355. The number of nitrogens with zero attached hydrogens (tertiary/aromatic N) is 1.